The fraction of sp³-hybridized carbons (Fsp3) is 0.350. The monoisotopic (exact) mass is 321 g/mol. The van der Waals surface area contributed by atoms with Crippen molar-refractivity contribution in [3.8, 4) is 0 Å². The summed E-state index contributed by atoms with van der Waals surface area (Å²) in [5, 5.41) is 0. The topological polar surface area (TPSA) is 54.5 Å². The molecule has 3 aliphatic rings. The lowest BCUT2D eigenvalue weighted by atomic mass is 9.85. The van der Waals surface area contributed by atoms with Crippen molar-refractivity contribution in [2.75, 3.05) is 4.90 Å². The Morgan fingerprint density at radius 1 is 0.958 bits per heavy atom. The van der Waals surface area contributed by atoms with Crippen molar-refractivity contribution < 1.29 is 14.4 Å². The summed E-state index contributed by atoms with van der Waals surface area (Å²) in [5.74, 6) is -0.853. The van der Waals surface area contributed by atoms with Crippen LogP contribution in [-0.2, 0) is 9.59 Å². The van der Waals surface area contributed by atoms with E-state index in [1.807, 2.05) is 13.8 Å². The molecule has 4 nitrogen and oxygen atoms in total. The molecular weight excluding hydrogens is 302 g/mol. The highest BCUT2D eigenvalue weighted by Gasteiger charge is 2.61. The smallest absolute Gasteiger partial charge is 0.238 e. The number of rotatable bonds is 2. The van der Waals surface area contributed by atoms with Crippen LogP contribution in [0.2, 0.25) is 0 Å². The largest absolute Gasteiger partial charge is 0.295 e. The molecule has 0 spiro atoms. The molecule has 0 N–H and O–H groups in total. The number of anilines is 1. The number of benzene rings is 1. The first kappa shape index (κ1) is 15.1. The second kappa shape index (κ2) is 5.00. The minimum atomic E-state index is -0.293. The van der Waals surface area contributed by atoms with Gasteiger partial charge in [0.2, 0.25) is 11.8 Å². The van der Waals surface area contributed by atoms with Gasteiger partial charge in [-0.1, -0.05) is 35.4 Å². The van der Waals surface area contributed by atoms with Crippen molar-refractivity contribution in [1.29, 1.82) is 0 Å². The van der Waals surface area contributed by atoms with E-state index in [0.29, 0.717) is 11.3 Å². The molecule has 4 heteroatoms. The van der Waals surface area contributed by atoms with E-state index >= 15 is 0 Å². The lowest BCUT2D eigenvalue weighted by Gasteiger charge is -2.19. The highest BCUT2D eigenvalue weighted by molar-refractivity contribution is 6.23. The zero-order valence-electron chi connectivity index (χ0n) is 13.9. The molecule has 4 unspecified atom stereocenters. The average molecular weight is 321 g/mol. The van der Waals surface area contributed by atoms with E-state index < -0.39 is 0 Å². The van der Waals surface area contributed by atoms with Gasteiger partial charge in [-0.25, -0.2) is 4.90 Å². The summed E-state index contributed by atoms with van der Waals surface area (Å²) in [7, 11) is 0. The zero-order chi connectivity index (χ0) is 17.2. The average Bonchev–Trinajstić information content (AvgIpc) is 3.17. The third-order valence-corrected chi connectivity index (χ3v) is 5.50. The molecule has 1 aliphatic heterocycles. The van der Waals surface area contributed by atoms with Crippen LogP contribution in [0, 0.1) is 23.7 Å². The van der Waals surface area contributed by atoms with Gasteiger partial charge in [-0.3, -0.25) is 14.4 Å². The Labute approximate surface area is 140 Å². The van der Waals surface area contributed by atoms with Crippen LogP contribution in [0.1, 0.15) is 31.1 Å². The van der Waals surface area contributed by atoms with Crippen LogP contribution in [0.15, 0.2) is 47.6 Å². The summed E-state index contributed by atoms with van der Waals surface area (Å²) in [5.41, 5.74) is 3.46. The summed E-state index contributed by atoms with van der Waals surface area (Å²) in [4.78, 5) is 38.9. The number of allylic oxidation sites excluding steroid dienone is 4. The van der Waals surface area contributed by atoms with Gasteiger partial charge < -0.3 is 0 Å². The SMILES string of the molecule is CC(=O)c1cccc(N2C(=O)C3C4C=CC(C4=C(C)C)C3C2=O)c1. The lowest BCUT2D eigenvalue weighted by Crippen LogP contribution is -2.33. The molecule has 0 aromatic heterocycles. The number of imide groups is 1. The standard InChI is InChI=1S/C20H19NO3/c1-10(2)16-14-7-8-15(16)18-17(14)19(23)21(20(18)24)13-6-4-5-12(9-13)11(3)22/h4-9,14-15,17-18H,1-3H3. The minimum absolute atomic E-state index is 0.0439. The summed E-state index contributed by atoms with van der Waals surface area (Å²) in [6.07, 6.45) is 4.16. The first-order valence-corrected chi connectivity index (χ1v) is 8.26. The van der Waals surface area contributed by atoms with E-state index in [4.69, 9.17) is 0 Å². The van der Waals surface area contributed by atoms with E-state index in [9.17, 15) is 14.4 Å². The van der Waals surface area contributed by atoms with E-state index in [1.165, 1.54) is 23.0 Å². The maximum absolute atomic E-state index is 13.0. The van der Waals surface area contributed by atoms with E-state index in [2.05, 4.69) is 12.2 Å². The molecule has 24 heavy (non-hydrogen) atoms. The Bertz CT molecular complexity index is 810. The van der Waals surface area contributed by atoms with Crippen LogP contribution in [0.3, 0.4) is 0 Å². The molecule has 2 amide bonds. The van der Waals surface area contributed by atoms with E-state index in [-0.39, 0.29) is 41.3 Å². The number of carbonyl (C=O) groups excluding carboxylic acids is 3. The maximum atomic E-state index is 13.0. The van der Waals surface area contributed by atoms with Crippen molar-refractivity contribution in [3.05, 3.63) is 53.1 Å². The van der Waals surface area contributed by atoms with Gasteiger partial charge in [-0.2, -0.15) is 0 Å². The van der Waals surface area contributed by atoms with Crippen LogP contribution in [0.5, 0.6) is 0 Å². The zero-order valence-corrected chi connectivity index (χ0v) is 13.9. The summed E-state index contributed by atoms with van der Waals surface area (Å²) >= 11 is 0. The van der Waals surface area contributed by atoms with Crippen molar-refractivity contribution in [1.82, 2.24) is 0 Å². The van der Waals surface area contributed by atoms with Gasteiger partial charge in [0.1, 0.15) is 0 Å². The second-order valence-electron chi connectivity index (χ2n) is 7.06. The second-order valence-corrected chi connectivity index (χ2v) is 7.06. The van der Waals surface area contributed by atoms with Crippen molar-refractivity contribution in [3.63, 3.8) is 0 Å². The molecule has 2 fully saturated rings. The van der Waals surface area contributed by atoms with Gasteiger partial charge in [-0.15, -0.1) is 0 Å². The number of fused-ring (bicyclic) bond motifs is 5. The van der Waals surface area contributed by atoms with Crippen LogP contribution in [0.4, 0.5) is 5.69 Å². The molecule has 1 saturated carbocycles. The van der Waals surface area contributed by atoms with Crippen LogP contribution in [0.25, 0.3) is 0 Å². The molecule has 1 saturated heterocycles. The van der Waals surface area contributed by atoms with Crippen LogP contribution in [-0.4, -0.2) is 17.6 Å². The van der Waals surface area contributed by atoms with Crippen LogP contribution >= 0.6 is 0 Å². The highest BCUT2D eigenvalue weighted by Crippen LogP contribution is 2.57. The normalized spacial score (nSPS) is 30.3. The number of carbonyl (C=O) groups is 3. The van der Waals surface area contributed by atoms with E-state index in [0.717, 1.165) is 0 Å². The number of amides is 2. The number of hydrogen-bond donors (Lipinski definition) is 0. The Balaban J connectivity index is 1.76. The number of hydrogen-bond acceptors (Lipinski definition) is 3. The van der Waals surface area contributed by atoms with Gasteiger partial charge in [0.25, 0.3) is 0 Å². The predicted molar refractivity (Wildman–Crippen MR) is 90.4 cm³/mol. The molecule has 0 radical (unpaired) electrons. The van der Waals surface area contributed by atoms with Gasteiger partial charge >= 0.3 is 0 Å². The first-order chi connectivity index (χ1) is 11.4. The summed E-state index contributed by atoms with van der Waals surface area (Å²) < 4.78 is 0. The van der Waals surface area contributed by atoms with Gasteiger partial charge in [0.05, 0.1) is 17.5 Å². The molecule has 1 aromatic carbocycles. The highest BCUT2D eigenvalue weighted by atomic mass is 16.2. The van der Waals surface area contributed by atoms with Crippen LogP contribution < -0.4 is 4.90 Å². The fourth-order valence-corrected chi connectivity index (χ4v) is 4.55. The third kappa shape index (κ3) is 1.83. The Hall–Kier alpha value is -2.49. The quantitative estimate of drug-likeness (QED) is 0.478. The first-order valence-electron chi connectivity index (χ1n) is 8.26. The van der Waals surface area contributed by atoms with Gasteiger partial charge in [-0.05, 0) is 32.9 Å². The van der Waals surface area contributed by atoms with E-state index in [1.54, 1.807) is 24.3 Å². The lowest BCUT2D eigenvalue weighted by molar-refractivity contribution is -0.122. The minimum Gasteiger partial charge on any atom is -0.295 e. The number of nitrogens with zero attached hydrogens (tertiary/aromatic N) is 1. The van der Waals surface area contributed by atoms with Crippen molar-refractivity contribution >= 4 is 23.3 Å². The molecule has 4 rings (SSSR count). The Kier molecular flexibility index (Phi) is 3.14. The number of Topliss-reactive ketones (excluding diaryl/α,β-unsaturated/α-hetero) is 1. The molecule has 122 valence electrons. The molecular formula is C20H19NO3. The maximum Gasteiger partial charge on any atom is 0.238 e. The molecule has 1 heterocycles. The molecule has 4 atom stereocenters. The Morgan fingerprint density at radius 3 is 2.04 bits per heavy atom. The summed E-state index contributed by atoms with van der Waals surface area (Å²) in [6.45, 7) is 5.57. The third-order valence-electron chi connectivity index (χ3n) is 5.50. The molecule has 1 aromatic rings. The number of ketones is 1. The van der Waals surface area contributed by atoms with Crippen molar-refractivity contribution in [2.45, 2.75) is 20.8 Å². The predicted octanol–water partition coefficient (Wildman–Crippen LogP) is 3.15. The fourth-order valence-electron chi connectivity index (χ4n) is 4.55. The van der Waals surface area contributed by atoms with Crippen molar-refractivity contribution in [2.24, 2.45) is 23.7 Å². The molecule has 2 bridgehead atoms. The Morgan fingerprint density at radius 2 is 1.54 bits per heavy atom. The van der Waals surface area contributed by atoms with Gasteiger partial charge in [0, 0.05) is 17.4 Å². The molecule has 2 aliphatic carbocycles. The van der Waals surface area contributed by atoms with Gasteiger partial charge in [0.15, 0.2) is 5.78 Å². The summed E-state index contributed by atoms with van der Waals surface area (Å²) in [6, 6.07) is 6.77.